The molecule has 0 aliphatic heterocycles. The first-order valence-electron chi connectivity index (χ1n) is 15.4. The van der Waals surface area contributed by atoms with Crippen LogP contribution in [0.25, 0.3) is 11.4 Å². The number of unbranched alkanes of at least 4 members (excludes halogenated alkanes) is 9. The Balaban J connectivity index is 1.50. The van der Waals surface area contributed by atoms with E-state index in [4.69, 9.17) is 9.47 Å². The third kappa shape index (κ3) is 11.0. The second-order valence-corrected chi connectivity index (χ2v) is 10.8. The second-order valence-electron chi connectivity index (χ2n) is 10.8. The fraction of sp³-hybridized carbons (Fsp3) is 0.486. The van der Waals surface area contributed by atoms with Gasteiger partial charge >= 0.3 is 5.97 Å². The maximum Gasteiger partial charge on any atom is 0.343 e. The van der Waals surface area contributed by atoms with E-state index >= 15 is 0 Å². The molecule has 0 saturated heterocycles. The fourth-order valence-corrected chi connectivity index (χ4v) is 4.74. The van der Waals surface area contributed by atoms with E-state index in [2.05, 4.69) is 29.9 Å². The number of carbonyl (C=O) groups is 1. The molecule has 0 amide bonds. The van der Waals surface area contributed by atoms with Crippen LogP contribution >= 0.6 is 0 Å². The number of nitrogens with zero attached hydrogens (tertiary/aromatic N) is 3. The van der Waals surface area contributed by atoms with E-state index in [9.17, 15) is 10.1 Å². The van der Waals surface area contributed by atoms with Gasteiger partial charge in [-0.3, -0.25) is 0 Å². The Labute approximate surface area is 246 Å². The summed E-state index contributed by atoms with van der Waals surface area (Å²) in [6.45, 7) is 6.44. The first-order valence-corrected chi connectivity index (χ1v) is 15.4. The Hall–Kier alpha value is -3.72. The first-order chi connectivity index (χ1) is 20.0. The highest BCUT2D eigenvalue weighted by molar-refractivity contribution is 5.91. The van der Waals surface area contributed by atoms with Crippen molar-refractivity contribution >= 4 is 5.97 Å². The second kappa shape index (κ2) is 17.9. The van der Waals surface area contributed by atoms with Gasteiger partial charge in [-0.25, -0.2) is 14.8 Å². The fourth-order valence-electron chi connectivity index (χ4n) is 4.74. The Morgan fingerprint density at radius 2 is 1.49 bits per heavy atom. The highest BCUT2D eigenvalue weighted by Crippen LogP contribution is 2.24. The molecule has 0 radical (unpaired) electrons. The quantitative estimate of drug-likeness (QED) is 0.0883. The van der Waals surface area contributed by atoms with Gasteiger partial charge in [0.05, 0.1) is 17.2 Å². The lowest BCUT2D eigenvalue weighted by Gasteiger charge is -2.16. The molecule has 3 rings (SSSR count). The number of benzene rings is 2. The number of rotatable bonds is 18. The molecule has 41 heavy (non-hydrogen) atoms. The molecule has 0 N–H and O–H groups in total. The van der Waals surface area contributed by atoms with E-state index < -0.39 is 5.97 Å². The minimum Gasteiger partial charge on any atom is -0.489 e. The van der Waals surface area contributed by atoms with Gasteiger partial charge in [0.2, 0.25) is 0 Å². The topological polar surface area (TPSA) is 85.1 Å². The van der Waals surface area contributed by atoms with Crippen molar-refractivity contribution in [2.45, 2.75) is 110 Å². The number of ether oxygens (including phenoxy) is 2. The van der Waals surface area contributed by atoms with Crippen molar-refractivity contribution in [2.24, 2.45) is 0 Å². The van der Waals surface area contributed by atoms with Crippen LogP contribution in [0.2, 0.25) is 0 Å². The number of nitriles is 1. The van der Waals surface area contributed by atoms with Gasteiger partial charge in [-0.15, -0.1) is 0 Å². The average Bonchev–Trinajstić information content (AvgIpc) is 3.00. The van der Waals surface area contributed by atoms with Crippen LogP contribution in [0.15, 0.2) is 54.9 Å². The number of aromatic nitrogens is 2. The van der Waals surface area contributed by atoms with Crippen molar-refractivity contribution in [2.75, 3.05) is 0 Å². The molecule has 6 heteroatoms. The van der Waals surface area contributed by atoms with Gasteiger partial charge in [0.1, 0.15) is 17.6 Å². The molecule has 218 valence electrons. The summed E-state index contributed by atoms with van der Waals surface area (Å²) in [7, 11) is 0. The molecule has 0 spiro atoms. The summed E-state index contributed by atoms with van der Waals surface area (Å²) in [4.78, 5) is 21.9. The van der Waals surface area contributed by atoms with Crippen LogP contribution in [-0.2, 0) is 6.42 Å². The van der Waals surface area contributed by atoms with Gasteiger partial charge in [-0.05, 0) is 80.6 Å². The molecule has 0 aliphatic carbocycles. The molecular formula is C35H45N3O3. The minimum atomic E-state index is -0.528. The van der Waals surface area contributed by atoms with E-state index in [1.54, 1.807) is 24.3 Å². The summed E-state index contributed by atoms with van der Waals surface area (Å²) in [5.74, 6) is 1.01. The van der Waals surface area contributed by atoms with Gasteiger partial charge in [0.25, 0.3) is 0 Å². The number of hydrogen-bond donors (Lipinski definition) is 0. The van der Waals surface area contributed by atoms with Gasteiger partial charge in [0.15, 0.2) is 5.82 Å². The van der Waals surface area contributed by atoms with E-state index in [0.29, 0.717) is 28.5 Å². The summed E-state index contributed by atoms with van der Waals surface area (Å²) >= 11 is 0. The average molecular weight is 556 g/mol. The molecule has 0 saturated carbocycles. The van der Waals surface area contributed by atoms with Crippen LogP contribution in [0, 0.1) is 11.3 Å². The van der Waals surface area contributed by atoms with Crippen LogP contribution in [0.5, 0.6) is 11.5 Å². The van der Waals surface area contributed by atoms with Gasteiger partial charge in [-0.1, -0.05) is 71.6 Å². The van der Waals surface area contributed by atoms with Crippen molar-refractivity contribution in [3.8, 4) is 29.0 Å². The molecule has 0 aliphatic rings. The van der Waals surface area contributed by atoms with Crippen molar-refractivity contribution in [1.29, 1.82) is 5.26 Å². The molecule has 1 atom stereocenters. The predicted molar refractivity (Wildman–Crippen MR) is 164 cm³/mol. The molecule has 0 fully saturated rings. The van der Waals surface area contributed by atoms with E-state index in [-0.39, 0.29) is 6.10 Å². The predicted octanol–water partition coefficient (Wildman–Crippen LogP) is 9.27. The van der Waals surface area contributed by atoms with Crippen LogP contribution in [-0.4, -0.2) is 22.0 Å². The van der Waals surface area contributed by atoms with Crippen molar-refractivity contribution in [3.63, 3.8) is 0 Å². The molecule has 3 aromatic rings. The monoisotopic (exact) mass is 555 g/mol. The first kappa shape index (κ1) is 31.8. The molecule has 2 aromatic carbocycles. The number of esters is 1. The zero-order valence-corrected chi connectivity index (χ0v) is 25.0. The summed E-state index contributed by atoms with van der Waals surface area (Å²) in [6.07, 6.45) is 19.4. The standard InChI is InChI=1S/C35H45N3O3/c1-4-6-8-10-11-12-14-16-28-25-37-34(38-26-28)29-17-20-32(21-18-29)41-35(39)30-19-22-33(31(23-30)24-36)40-27(3)15-13-9-7-5-2/h17-23,25-27H,4-16H2,1-3H3. The van der Waals surface area contributed by atoms with Crippen molar-refractivity contribution in [3.05, 3.63) is 71.5 Å². The lowest BCUT2D eigenvalue weighted by Crippen LogP contribution is -2.13. The SMILES string of the molecule is CCCCCCCCCc1cnc(-c2ccc(OC(=O)c3ccc(OC(C)CCCCCC)c(C#N)c3)cc2)nc1. The maximum atomic E-state index is 12.8. The van der Waals surface area contributed by atoms with Gasteiger partial charge in [-0.2, -0.15) is 5.26 Å². The normalized spacial score (nSPS) is 11.6. The molecular weight excluding hydrogens is 510 g/mol. The molecule has 1 aromatic heterocycles. The van der Waals surface area contributed by atoms with E-state index in [1.807, 2.05) is 31.5 Å². The molecule has 1 heterocycles. The third-order valence-electron chi connectivity index (χ3n) is 7.23. The summed E-state index contributed by atoms with van der Waals surface area (Å²) in [5, 5.41) is 9.63. The Morgan fingerprint density at radius 1 is 0.854 bits per heavy atom. The summed E-state index contributed by atoms with van der Waals surface area (Å²) in [5.41, 5.74) is 2.63. The molecule has 0 bridgehead atoms. The molecule has 6 nitrogen and oxygen atoms in total. The summed E-state index contributed by atoms with van der Waals surface area (Å²) < 4.78 is 11.5. The highest BCUT2D eigenvalue weighted by atomic mass is 16.5. The zero-order valence-electron chi connectivity index (χ0n) is 25.0. The number of carbonyl (C=O) groups excluding carboxylic acids is 1. The van der Waals surface area contributed by atoms with Crippen LogP contribution in [0.4, 0.5) is 0 Å². The number of aryl methyl sites for hydroxylation is 1. The van der Waals surface area contributed by atoms with Crippen molar-refractivity contribution < 1.29 is 14.3 Å². The maximum absolute atomic E-state index is 12.8. The minimum absolute atomic E-state index is 0.000519. The highest BCUT2D eigenvalue weighted by Gasteiger charge is 2.15. The summed E-state index contributed by atoms with van der Waals surface area (Å²) in [6, 6.07) is 14.1. The third-order valence-corrected chi connectivity index (χ3v) is 7.23. The Kier molecular flexibility index (Phi) is 13.9. The van der Waals surface area contributed by atoms with Crippen LogP contribution in [0.1, 0.15) is 119 Å². The van der Waals surface area contributed by atoms with Gasteiger partial charge in [0, 0.05) is 18.0 Å². The van der Waals surface area contributed by atoms with E-state index in [1.165, 1.54) is 70.3 Å². The lowest BCUT2D eigenvalue weighted by molar-refractivity contribution is 0.0734. The Morgan fingerprint density at radius 3 is 2.15 bits per heavy atom. The number of hydrogen-bond acceptors (Lipinski definition) is 6. The van der Waals surface area contributed by atoms with E-state index in [0.717, 1.165) is 30.4 Å². The van der Waals surface area contributed by atoms with Crippen molar-refractivity contribution in [1.82, 2.24) is 9.97 Å². The molecule has 1 unspecified atom stereocenters. The van der Waals surface area contributed by atoms with Crippen LogP contribution in [0.3, 0.4) is 0 Å². The van der Waals surface area contributed by atoms with Crippen LogP contribution < -0.4 is 9.47 Å². The zero-order chi connectivity index (χ0) is 29.3. The largest absolute Gasteiger partial charge is 0.489 e. The lowest BCUT2D eigenvalue weighted by atomic mass is 10.1. The van der Waals surface area contributed by atoms with Gasteiger partial charge < -0.3 is 9.47 Å². The smallest absolute Gasteiger partial charge is 0.343 e. The Bertz CT molecular complexity index is 1230.